The van der Waals surface area contributed by atoms with E-state index in [4.69, 9.17) is 4.42 Å². The van der Waals surface area contributed by atoms with Gasteiger partial charge in [0.25, 0.3) is 11.8 Å². The number of nitrogens with one attached hydrogen (secondary N) is 2. The maximum atomic E-state index is 12.7. The van der Waals surface area contributed by atoms with Crippen molar-refractivity contribution in [3.63, 3.8) is 0 Å². The molecule has 0 unspecified atom stereocenters. The van der Waals surface area contributed by atoms with Crippen molar-refractivity contribution in [2.75, 3.05) is 25.5 Å². The van der Waals surface area contributed by atoms with E-state index < -0.39 is 0 Å². The van der Waals surface area contributed by atoms with Gasteiger partial charge < -0.3 is 20.0 Å². The van der Waals surface area contributed by atoms with Crippen LogP contribution in [0.5, 0.6) is 0 Å². The molecule has 2 aromatic rings. The maximum Gasteiger partial charge on any atom is 0.291 e. The minimum absolute atomic E-state index is 0.0468. The third-order valence-electron chi connectivity index (χ3n) is 4.28. The molecule has 3 rings (SSSR count). The smallest absolute Gasteiger partial charge is 0.291 e. The van der Waals surface area contributed by atoms with Crippen molar-refractivity contribution in [2.24, 2.45) is 0 Å². The number of rotatable bonds is 4. The lowest BCUT2D eigenvalue weighted by Crippen LogP contribution is -2.43. The molecule has 0 bridgehead atoms. The van der Waals surface area contributed by atoms with Crippen LogP contribution in [0.3, 0.4) is 0 Å². The molecule has 1 aliphatic heterocycles. The van der Waals surface area contributed by atoms with E-state index in [-0.39, 0.29) is 17.6 Å². The number of piperidine rings is 1. The first-order chi connectivity index (χ1) is 11.6. The van der Waals surface area contributed by atoms with Gasteiger partial charge in [-0.25, -0.2) is 0 Å². The third-order valence-corrected chi connectivity index (χ3v) is 5.42. The fourth-order valence-corrected chi connectivity index (χ4v) is 3.89. The number of anilines is 1. The highest BCUT2D eigenvalue weighted by Gasteiger charge is 2.25. The number of hydrogen-bond donors (Lipinski definition) is 2. The molecule has 128 valence electrons. The van der Waals surface area contributed by atoms with E-state index in [1.165, 1.54) is 17.6 Å². The number of hydrogen-bond acceptors (Lipinski definition) is 5. The summed E-state index contributed by atoms with van der Waals surface area (Å²) in [5.41, 5.74) is 0.885. The predicted octanol–water partition coefficient (Wildman–Crippen LogP) is 2.73. The van der Waals surface area contributed by atoms with Gasteiger partial charge in [-0.15, -0.1) is 11.3 Å². The van der Waals surface area contributed by atoms with Crippen LogP contribution in [0, 0.1) is 6.92 Å². The SMILES string of the molecule is CNC1CCN(C(=O)c2sc(NC(=O)c3ccco3)cc2C)CC1. The molecule has 6 nitrogen and oxygen atoms in total. The number of thiophene rings is 1. The van der Waals surface area contributed by atoms with Crippen LogP contribution >= 0.6 is 11.3 Å². The molecule has 0 radical (unpaired) electrons. The van der Waals surface area contributed by atoms with Gasteiger partial charge in [0.1, 0.15) is 0 Å². The first kappa shape index (κ1) is 16.7. The summed E-state index contributed by atoms with van der Waals surface area (Å²) in [6.07, 6.45) is 3.39. The van der Waals surface area contributed by atoms with Crippen LogP contribution in [0.15, 0.2) is 28.9 Å². The molecule has 1 aliphatic rings. The summed E-state index contributed by atoms with van der Waals surface area (Å²) in [6.45, 7) is 3.41. The molecule has 2 aromatic heterocycles. The average molecular weight is 347 g/mol. The number of amides is 2. The Bertz CT molecular complexity index is 716. The Kier molecular flexibility index (Phi) is 5.01. The van der Waals surface area contributed by atoms with Crippen molar-refractivity contribution in [2.45, 2.75) is 25.8 Å². The highest BCUT2D eigenvalue weighted by Crippen LogP contribution is 2.29. The molecule has 7 heteroatoms. The van der Waals surface area contributed by atoms with Crippen LogP contribution in [-0.2, 0) is 0 Å². The lowest BCUT2D eigenvalue weighted by atomic mass is 10.1. The van der Waals surface area contributed by atoms with Crippen molar-refractivity contribution >= 4 is 28.2 Å². The zero-order valence-electron chi connectivity index (χ0n) is 13.8. The molecule has 0 saturated carbocycles. The van der Waals surface area contributed by atoms with Gasteiger partial charge in [-0.05, 0) is 50.6 Å². The van der Waals surface area contributed by atoms with Crippen LogP contribution in [0.4, 0.5) is 5.00 Å². The molecular weight excluding hydrogens is 326 g/mol. The number of furan rings is 1. The maximum absolute atomic E-state index is 12.7. The second kappa shape index (κ2) is 7.19. The summed E-state index contributed by atoms with van der Waals surface area (Å²) >= 11 is 1.31. The van der Waals surface area contributed by atoms with Gasteiger partial charge in [-0.1, -0.05) is 0 Å². The largest absolute Gasteiger partial charge is 0.459 e. The molecule has 1 fully saturated rings. The fraction of sp³-hybridized carbons (Fsp3) is 0.412. The average Bonchev–Trinajstić information content (AvgIpc) is 3.24. The highest BCUT2D eigenvalue weighted by molar-refractivity contribution is 7.18. The summed E-state index contributed by atoms with van der Waals surface area (Å²) in [4.78, 5) is 27.3. The number of nitrogens with zero attached hydrogens (tertiary/aromatic N) is 1. The Hall–Kier alpha value is -2.12. The summed E-state index contributed by atoms with van der Waals surface area (Å²) in [6, 6.07) is 5.59. The van der Waals surface area contributed by atoms with Gasteiger partial charge in [-0.3, -0.25) is 9.59 Å². The van der Waals surface area contributed by atoms with Crippen molar-refractivity contribution in [1.29, 1.82) is 0 Å². The molecule has 2 N–H and O–H groups in total. The van der Waals surface area contributed by atoms with Crippen LogP contribution in [0.25, 0.3) is 0 Å². The van der Waals surface area contributed by atoms with E-state index in [0.29, 0.717) is 15.9 Å². The van der Waals surface area contributed by atoms with E-state index in [1.807, 2.05) is 24.9 Å². The summed E-state index contributed by atoms with van der Waals surface area (Å²) < 4.78 is 5.08. The van der Waals surface area contributed by atoms with Gasteiger partial charge in [0, 0.05) is 19.1 Å². The zero-order valence-corrected chi connectivity index (χ0v) is 14.6. The molecule has 0 aromatic carbocycles. The van der Waals surface area contributed by atoms with E-state index in [9.17, 15) is 9.59 Å². The molecule has 0 spiro atoms. The van der Waals surface area contributed by atoms with Gasteiger partial charge >= 0.3 is 0 Å². The van der Waals surface area contributed by atoms with E-state index in [1.54, 1.807) is 12.1 Å². The second-order valence-corrected chi connectivity index (χ2v) is 6.96. The van der Waals surface area contributed by atoms with Gasteiger partial charge in [0.2, 0.25) is 0 Å². The number of carbonyl (C=O) groups excluding carboxylic acids is 2. The first-order valence-corrected chi connectivity index (χ1v) is 8.82. The van der Waals surface area contributed by atoms with E-state index in [2.05, 4.69) is 10.6 Å². The van der Waals surface area contributed by atoms with Crippen molar-refractivity contribution in [3.8, 4) is 0 Å². The van der Waals surface area contributed by atoms with E-state index in [0.717, 1.165) is 31.5 Å². The lowest BCUT2D eigenvalue weighted by molar-refractivity contribution is 0.0711. The molecule has 0 atom stereocenters. The predicted molar refractivity (Wildman–Crippen MR) is 93.7 cm³/mol. The van der Waals surface area contributed by atoms with Crippen LogP contribution in [0.1, 0.15) is 38.6 Å². The quantitative estimate of drug-likeness (QED) is 0.892. The van der Waals surface area contributed by atoms with Crippen molar-refractivity contribution in [3.05, 3.63) is 40.7 Å². The molecule has 1 saturated heterocycles. The van der Waals surface area contributed by atoms with Crippen LogP contribution in [0.2, 0.25) is 0 Å². The van der Waals surface area contributed by atoms with Gasteiger partial charge in [0.15, 0.2) is 5.76 Å². The van der Waals surface area contributed by atoms with Crippen LogP contribution < -0.4 is 10.6 Å². The topological polar surface area (TPSA) is 74.6 Å². The monoisotopic (exact) mass is 347 g/mol. The Morgan fingerprint density at radius 3 is 2.71 bits per heavy atom. The Morgan fingerprint density at radius 1 is 1.33 bits per heavy atom. The molecule has 24 heavy (non-hydrogen) atoms. The van der Waals surface area contributed by atoms with Crippen molar-refractivity contribution in [1.82, 2.24) is 10.2 Å². The third kappa shape index (κ3) is 3.52. The Labute approximate surface area is 144 Å². The molecule has 3 heterocycles. The number of likely N-dealkylation sites (tertiary alicyclic amines) is 1. The molecule has 2 amide bonds. The molecule has 0 aliphatic carbocycles. The highest BCUT2D eigenvalue weighted by atomic mass is 32.1. The Morgan fingerprint density at radius 2 is 2.08 bits per heavy atom. The number of carbonyl (C=O) groups is 2. The zero-order chi connectivity index (χ0) is 17.1. The minimum Gasteiger partial charge on any atom is -0.459 e. The van der Waals surface area contributed by atoms with Crippen molar-refractivity contribution < 1.29 is 14.0 Å². The fourth-order valence-electron chi connectivity index (χ4n) is 2.85. The van der Waals surface area contributed by atoms with Gasteiger partial charge in [-0.2, -0.15) is 0 Å². The number of aryl methyl sites for hydroxylation is 1. The second-order valence-electron chi connectivity index (χ2n) is 5.91. The normalized spacial score (nSPS) is 15.5. The Balaban J connectivity index is 1.67. The summed E-state index contributed by atoms with van der Waals surface area (Å²) in [5, 5.41) is 6.70. The summed E-state index contributed by atoms with van der Waals surface area (Å²) in [5.74, 6) is -0.0105. The lowest BCUT2D eigenvalue weighted by Gasteiger charge is -2.31. The minimum atomic E-state index is -0.310. The summed E-state index contributed by atoms with van der Waals surface area (Å²) in [7, 11) is 1.96. The van der Waals surface area contributed by atoms with Gasteiger partial charge in [0.05, 0.1) is 16.1 Å². The first-order valence-electron chi connectivity index (χ1n) is 8.00. The molecular formula is C17H21N3O3S. The van der Waals surface area contributed by atoms with Crippen LogP contribution in [-0.4, -0.2) is 42.9 Å². The standard InChI is InChI=1S/C17H21N3O3S/c1-11-10-14(19-16(21)13-4-3-9-23-13)24-15(11)17(22)20-7-5-12(18-2)6-8-20/h3-4,9-10,12,18H,5-8H2,1-2H3,(H,19,21). The van der Waals surface area contributed by atoms with E-state index >= 15 is 0 Å².